The molecule has 3 aromatic rings. The van der Waals surface area contributed by atoms with Gasteiger partial charge >= 0.3 is 5.69 Å². The molecule has 1 aromatic heterocycles. The first-order valence-electron chi connectivity index (χ1n) is 8.19. The second kappa shape index (κ2) is 7.53. The van der Waals surface area contributed by atoms with Gasteiger partial charge in [-0.2, -0.15) is 0 Å². The number of methoxy groups -OCH3 is 1. The van der Waals surface area contributed by atoms with Crippen LogP contribution in [-0.2, 0) is 6.42 Å². The number of anilines is 1. The van der Waals surface area contributed by atoms with Gasteiger partial charge in [-0.1, -0.05) is 31.5 Å². The third-order valence-corrected chi connectivity index (χ3v) is 5.25. The number of nitrogens with one attached hydrogen (secondary N) is 1. The Morgan fingerprint density at radius 2 is 2.04 bits per heavy atom. The Balaban J connectivity index is 1.96. The van der Waals surface area contributed by atoms with Crippen LogP contribution in [0, 0.1) is 10.1 Å². The summed E-state index contributed by atoms with van der Waals surface area (Å²) in [4.78, 5) is 24.1. The van der Waals surface area contributed by atoms with Gasteiger partial charge in [0, 0.05) is 16.5 Å². The fourth-order valence-corrected chi connectivity index (χ4v) is 4.03. The van der Waals surface area contributed by atoms with E-state index >= 15 is 0 Å². The molecule has 1 N–H and O–H groups in total. The van der Waals surface area contributed by atoms with Crippen molar-refractivity contribution in [3.05, 3.63) is 63.0 Å². The lowest BCUT2D eigenvalue weighted by Crippen LogP contribution is -2.12. The average molecular weight is 370 g/mol. The van der Waals surface area contributed by atoms with E-state index in [0.717, 1.165) is 28.5 Å². The zero-order valence-corrected chi connectivity index (χ0v) is 15.3. The number of fused-ring (bicyclic) bond motifs is 1. The van der Waals surface area contributed by atoms with Crippen LogP contribution in [0.4, 0.5) is 11.4 Å². The Bertz CT molecular complexity index is 981. The van der Waals surface area contributed by atoms with Crippen molar-refractivity contribution in [2.24, 2.45) is 0 Å². The number of rotatable bonds is 6. The monoisotopic (exact) mass is 370 g/mol. The molecular formula is C19H18N2O4S. The molecular weight excluding hydrogens is 352 g/mol. The molecule has 0 spiro atoms. The molecule has 1 amide bonds. The zero-order valence-electron chi connectivity index (χ0n) is 14.4. The lowest BCUT2D eigenvalue weighted by molar-refractivity contribution is -0.385. The fourth-order valence-electron chi connectivity index (χ4n) is 2.88. The Kier molecular flexibility index (Phi) is 5.18. The Hall–Kier alpha value is -2.93. The molecule has 0 radical (unpaired) electrons. The predicted octanol–water partition coefficient (Wildman–Crippen LogP) is 5.02. The molecule has 0 aliphatic carbocycles. The third kappa shape index (κ3) is 3.39. The highest BCUT2D eigenvalue weighted by atomic mass is 32.1. The number of nitro benzene ring substituents is 1. The lowest BCUT2D eigenvalue weighted by atomic mass is 10.1. The van der Waals surface area contributed by atoms with Crippen LogP contribution < -0.4 is 10.1 Å². The van der Waals surface area contributed by atoms with Gasteiger partial charge in [0.2, 0.25) is 0 Å². The SMILES string of the molecule is CCCc1c(C(=O)Nc2ccc(OC)c([N+](=O)[O-])c2)sc2ccccc12. The number of ether oxygens (including phenoxy) is 1. The Morgan fingerprint density at radius 3 is 2.73 bits per heavy atom. The van der Waals surface area contributed by atoms with E-state index in [9.17, 15) is 14.9 Å². The normalized spacial score (nSPS) is 10.7. The third-order valence-electron chi connectivity index (χ3n) is 4.04. The highest BCUT2D eigenvalue weighted by Gasteiger charge is 2.20. The number of amides is 1. The van der Waals surface area contributed by atoms with Crippen molar-refractivity contribution < 1.29 is 14.5 Å². The van der Waals surface area contributed by atoms with Crippen LogP contribution in [0.5, 0.6) is 5.75 Å². The summed E-state index contributed by atoms with van der Waals surface area (Å²) in [5.41, 5.74) is 1.20. The molecule has 0 bridgehead atoms. The molecule has 0 fully saturated rings. The summed E-state index contributed by atoms with van der Waals surface area (Å²) in [5.74, 6) is -0.101. The van der Waals surface area contributed by atoms with Crippen molar-refractivity contribution in [3.63, 3.8) is 0 Å². The molecule has 2 aromatic carbocycles. The molecule has 0 saturated carbocycles. The van der Waals surface area contributed by atoms with Crippen LogP contribution >= 0.6 is 11.3 Å². The number of benzene rings is 2. The first-order chi connectivity index (χ1) is 12.5. The van der Waals surface area contributed by atoms with E-state index in [1.54, 1.807) is 6.07 Å². The number of aryl methyl sites for hydroxylation is 1. The second-order valence-electron chi connectivity index (χ2n) is 5.75. The molecule has 0 aliphatic rings. The molecule has 1 heterocycles. The van der Waals surface area contributed by atoms with Gasteiger partial charge in [0.25, 0.3) is 5.91 Å². The Morgan fingerprint density at radius 1 is 1.27 bits per heavy atom. The maximum absolute atomic E-state index is 12.8. The van der Waals surface area contributed by atoms with Crippen LogP contribution in [0.3, 0.4) is 0 Å². The first-order valence-corrected chi connectivity index (χ1v) is 9.01. The molecule has 0 unspecified atom stereocenters. The minimum atomic E-state index is -0.531. The molecule has 0 saturated heterocycles. The zero-order chi connectivity index (χ0) is 18.7. The lowest BCUT2D eigenvalue weighted by Gasteiger charge is -2.08. The van der Waals surface area contributed by atoms with E-state index in [2.05, 4.69) is 12.2 Å². The number of thiophene rings is 1. The molecule has 6 nitrogen and oxygen atoms in total. The van der Waals surface area contributed by atoms with Crippen molar-refractivity contribution >= 4 is 38.7 Å². The summed E-state index contributed by atoms with van der Waals surface area (Å²) in [5, 5.41) is 15.0. The largest absolute Gasteiger partial charge is 0.490 e. The summed E-state index contributed by atoms with van der Waals surface area (Å²) < 4.78 is 6.05. The smallest absolute Gasteiger partial charge is 0.312 e. The number of nitro groups is 1. The molecule has 3 rings (SSSR count). The summed E-state index contributed by atoms with van der Waals surface area (Å²) >= 11 is 1.44. The van der Waals surface area contributed by atoms with Crippen LogP contribution in [0.2, 0.25) is 0 Å². The minimum Gasteiger partial charge on any atom is -0.490 e. The predicted molar refractivity (Wildman–Crippen MR) is 103 cm³/mol. The van der Waals surface area contributed by atoms with Crippen molar-refractivity contribution in [1.82, 2.24) is 0 Å². The molecule has 0 atom stereocenters. The van der Waals surface area contributed by atoms with Gasteiger partial charge in [-0.25, -0.2) is 0 Å². The molecule has 7 heteroatoms. The number of carbonyl (C=O) groups is 1. The van der Waals surface area contributed by atoms with Crippen LogP contribution in [0.1, 0.15) is 28.6 Å². The van der Waals surface area contributed by atoms with Gasteiger partial charge in [0.05, 0.1) is 16.9 Å². The number of hydrogen-bond acceptors (Lipinski definition) is 5. The number of carbonyl (C=O) groups excluding carboxylic acids is 1. The summed E-state index contributed by atoms with van der Waals surface area (Å²) in [6.07, 6.45) is 1.73. The first kappa shape index (κ1) is 17.9. The van der Waals surface area contributed by atoms with E-state index in [4.69, 9.17) is 4.74 Å². The van der Waals surface area contributed by atoms with Crippen LogP contribution in [-0.4, -0.2) is 17.9 Å². The molecule has 26 heavy (non-hydrogen) atoms. The highest BCUT2D eigenvalue weighted by Crippen LogP contribution is 2.34. The quantitative estimate of drug-likeness (QED) is 0.488. The van der Waals surface area contributed by atoms with E-state index in [0.29, 0.717) is 10.6 Å². The van der Waals surface area contributed by atoms with E-state index in [1.165, 1.54) is 30.6 Å². The van der Waals surface area contributed by atoms with E-state index in [1.807, 2.05) is 24.3 Å². The second-order valence-corrected chi connectivity index (χ2v) is 6.81. The maximum atomic E-state index is 12.8. The van der Waals surface area contributed by atoms with Gasteiger partial charge in [0.15, 0.2) is 5.75 Å². The molecule has 0 aliphatic heterocycles. The number of hydrogen-bond donors (Lipinski definition) is 1. The van der Waals surface area contributed by atoms with Crippen LogP contribution in [0.25, 0.3) is 10.1 Å². The highest BCUT2D eigenvalue weighted by molar-refractivity contribution is 7.21. The van der Waals surface area contributed by atoms with Crippen molar-refractivity contribution in [3.8, 4) is 5.75 Å². The summed E-state index contributed by atoms with van der Waals surface area (Å²) in [6.45, 7) is 2.07. The Labute approximate surface area is 154 Å². The van der Waals surface area contributed by atoms with E-state index < -0.39 is 4.92 Å². The standard InChI is InChI=1S/C19H18N2O4S/c1-3-6-14-13-7-4-5-8-17(13)26-18(14)19(22)20-12-9-10-16(25-2)15(11-12)21(23)24/h4-5,7-11H,3,6H2,1-2H3,(H,20,22). The van der Waals surface area contributed by atoms with Crippen LogP contribution in [0.15, 0.2) is 42.5 Å². The minimum absolute atomic E-state index is 0.154. The van der Waals surface area contributed by atoms with Crippen molar-refractivity contribution in [2.45, 2.75) is 19.8 Å². The molecule has 134 valence electrons. The van der Waals surface area contributed by atoms with Gasteiger partial charge in [-0.3, -0.25) is 14.9 Å². The van der Waals surface area contributed by atoms with E-state index in [-0.39, 0.29) is 17.3 Å². The number of nitrogens with zero attached hydrogens (tertiary/aromatic N) is 1. The fraction of sp³-hybridized carbons (Fsp3) is 0.211. The topological polar surface area (TPSA) is 81.5 Å². The average Bonchev–Trinajstić information content (AvgIpc) is 3.01. The van der Waals surface area contributed by atoms with Gasteiger partial charge in [0.1, 0.15) is 0 Å². The summed E-state index contributed by atoms with van der Waals surface area (Å²) in [6, 6.07) is 12.3. The van der Waals surface area contributed by atoms with Gasteiger partial charge < -0.3 is 10.1 Å². The van der Waals surface area contributed by atoms with Gasteiger partial charge in [-0.15, -0.1) is 11.3 Å². The van der Waals surface area contributed by atoms with Crippen molar-refractivity contribution in [1.29, 1.82) is 0 Å². The summed E-state index contributed by atoms with van der Waals surface area (Å²) in [7, 11) is 1.37. The van der Waals surface area contributed by atoms with Crippen molar-refractivity contribution in [2.75, 3.05) is 12.4 Å². The van der Waals surface area contributed by atoms with Gasteiger partial charge in [-0.05, 0) is 35.6 Å². The maximum Gasteiger partial charge on any atom is 0.312 e.